The van der Waals surface area contributed by atoms with Crippen molar-refractivity contribution in [3.63, 3.8) is 0 Å². The van der Waals surface area contributed by atoms with Gasteiger partial charge in [0.2, 0.25) is 0 Å². The van der Waals surface area contributed by atoms with E-state index in [0.717, 1.165) is 17.1 Å². The molecule has 1 heteroatoms. The molecule has 0 aliphatic heterocycles. The zero-order valence-electron chi connectivity index (χ0n) is 30.2. The Hall–Kier alpha value is -4.88. The van der Waals surface area contributed by atoms with Crippen molar-refractivity contribution < 1.29 is 0 Å². The average molecular weight is 638 g/mol. The highest BCUT2D eigenvalue weighted by molar-refractivity contribution is 5.87. The molecule has 0 saturated carbocycles. The van der Waals surface area contributed by atoms with Gasteiger partial charge in [-0.15, -0.1) is 0 Å². The fourth-order valence-corrected chi connectivity index (χ4v) is 8.65. The Labute approximate surface area is 293 Å². The summed E-state index contributed by atoms with van der Waals surface area (Å²) in [4.78, 5) is 2.42. The van der Waals surface area contributed by atoms with Crippen LogP contribution in [0.25, 0.3) is 33.4 Å². The fourth-order valence-electron chi connectivity index (χ4n) is 8.65. The summed E-state index contributed by atoms with van der Waals surface area (Å²) in [6.07, 6.45) is 0. The number of hydrogen-bond acceptors (Lipinski definition) is 1. The van der Waals surface area contributed by atoms with Gasteiger partial charge in [-0.2, -0.15) is 0 Å². The molecule has 6 aromatic carbocycles. The molecule has 0 amide bonds. The maximum atomic E-state index is 2.43. The molecule has 0 aromatic heterocycles. The second kappa shape index (κ2) is 10.8. The first kappa shape index (κ1) is 31.4. The summed E-state index contributed by atoms with van der Waals surface area (Å²) in [6, 6.07) is 52.1. The number of benzene rings is 6. The average Bonchev–Trinajstić information content (AvgIpc) is 3.11. The van der Waals surface area contributed by atoms with E-state index in [-0.39, 0.29) is 21.7 Å². The van der Waals surface area contributed by atoms with Crippen LogP contribution in [0.4, 0.5) is 17.1 Å². The summed E-state index contributed by atoms with van der Waals surface area (Å²) in [6.45, 7) is 19.2. The molecule has 0 fully saturated rings. The van der Waals surface area contributed by atoms with Gasteiger partial charge >= 0.3 is 0 Å². The standard InChI is InChI=1S/C48H47N/c1-45(2)41-23-14-12-21-37(41)39-30-33(25-27-43(39)47(45,5)6)32-17-16-20-35(29-32)49(34-18-10-9-11-19-34)36-26-28-44-40(31-36)38-22-13-15-24-42(38)46(3,4)48(44,7)8/h9-31H,1-8H3. The lowest BCUT2D eigenvalue weighted by Crippen LogP contribution is -2.43. The molecule has 8 rings (SSSR count). The van der Waals surface area contributed by atoms with Gasteiger partial charge < -0.3 is 4.90 Å². The van der Waals surface area contributed by atoms with Gasteiger partial charge in [-0.3, -0.25) is 0 Å². The van der Waals surface area contributed by atoms with Crippen LogP contribution in [0.15, 0.2) is 140 Å². The molecule has 0 saturated heterocycles. The Morgan fingerprint density at radius 1 is 0.306 bits per heavy atom. The number of rotatable bonds is 4. The molecule has 0 bridgehead atoms. The van der Waals surface area contributed by atoms with Crippen molar-refractivity contribution >= 4 is 17.1 Å². The van der Waals surface area contributed by atoms with Gasteiger partial charge in [0.1, 0.15) is 0 Å². The topological polar surface area (TPSA) is 3.24 Å². The van der Waals surface area contributed by atoms with Crippen LogP contribution < -0.4 is 4.90 Å². The number of hydrogen-bond donors (Lipinski definition) is 0. The van der Waals surface area contributed by atoms with Gasteiger partial charge in [0, 0.05) is 17.1 Å². The maximum absolute atomic E-state index is 2.43. The first-order valence-corrected chi connectivity index (χ1v) is 17.8. The molecule has 1 nitrogen and oxygen atoms in total. The minimum absolute atomic E-state index is 0.00395. The summed E-state index contributed by atoms with van der Waals surface area (Å²) in [5, 5.41) is 0. The fraction of sp³-hybridized carbons (Fsp3) is 0.250. The Morgan fingerprint density at radius 2 is 0.735 bits per heavy atom. The Kier molecular flexibility index (Phi) is 6.93. The predicted molar refractivity (Wildman–Crippen MR) is 210 cm³/mol. The Balaban J connectivity index is 1.28. The summed E-state index contributed by atoms with van der Waals surface area (Å²) in [7, 11) is 0. The highest BCUT2D eigenvalue weighted by atomic mass is 15.1. The third-order valence-electron chi connectivity index (χ3n) is 13.0. The van der Waals surface area contributed by atoms with Crippen molar-refractivity contribution in [1.29, 1.82) is 0 Å². The molecular formula is C48H47N. The zero-order chi connectivity index (χ0) is 34.3. The first-order valence-electron chi connectivity index (χ1n) is 17.8. The number of para-hydroxylation sites is 1. The van der Waals surface area contributed by atoms with E-state index < -0.39 is 0 Å². The predicted octanol–water partition coefficient (Wildman–Crippen LogP) is 13.3. The van der Waals surface area contributed by atoms with Crippen molar-refractivity contribution in [3.8, 4) is 33.4 Å². The van der Waals surface area contributed by atoms with E-state index in [4.69, 9.17) is 0 Å². The largest absolute Gasteiger partial charge is 0.310 e. The minimum atomic E-state index is -0.0262. The number of nitrogens with zero attached hydrogens (tertiary/aromatic N) is 1. The molecule has 244 valence electrons. The van der Waals surface area contributed by atoms with Crippen molar-refractivity contribution in [3.05, 3.63) is 162 Å². The van der Waals surface area contributed by atoms with E-state index in [1.807, 2.05) is 0 Å². The molecule has 6 aromatic rings. The van der Waals surface area contributed by atoms with Gasteiger partial charge in [0.05, 0.1) is 0 Å². The summed E-state index contributed by atoms with van der Waals surface area (Å²) in [5.41, 5.74) is 16.9. The summed E-state index contributed by atoms with van der Waals surface area (Å²) < 4.78 is 0. The second-order valence-corrected chi connectivity index (χ2v) is 16.3. The Bertz CT molecular complexity index is 2230. The van der Waals surface area contributed by atoms with Crippen LogP contribution in [-0.4, -0.2) is 0 Å². The molecule has 0 radical (unpaired) electrons. The van der Waals surface area contributed by atoms with Gasteiger partial charge in [-0.1, -0.05) is 152 Å². The van der Waals surface area contributed by atoms with E-state index >= 15 is 0 Å². The molecule has 0 N–H and O–H groups in total. The zero-order valence-corrected chi connectivity index (χ0v) is 30.2. The van der Waals surface area contributed by atoms with Crippen molar-refractivity contribution in [2.24, 2.45) is 0 Å². The van der Waals surface area contributed by atoms with Crippen molar-refractivity contribution in [1.82, 2.24) is 0 Å². The van der Waals surface area contributed by atoms with Crippen LogP contribution in [0, 0.1) is 0 Å². The van der Waals surface area contributed by atoms with E-state index in [1.165, 1.54) is 55.6 Å². The van der Waals surface area contributed by atoms with E-state index in [0.29, 0.717) is 0 Å². The third kappa shape index (κ3) is 4.51. The molecule has 0 spiro atoms. The lowest BCUT2D eigenvalue weighted by molar-refractivity contribution is 0.299. The monoisotopic (exact) mass is 637 g/mol. The third-order valence-corrected chi connectivity index (χ3v) is 13.0. The first-order chi connectivity index (χ1) is 23.3. The Morgan fingerprint density at radius 3 is 1.33 bits per heavy atom. The van der Waals surface area contributed by atoms with E-state index in [2.05, 4.69) is 200 Å². The molecule has 0 heterocycles. The molecule has 0 atom stereocenters. The maximum Gasteiger partial charge on any atom is 0.0468 e. The van der Waals surface area contributed by atoms with Crippen molar-refractivity contribution in [2.45, 2.75) is 77.0 Å². The molecule has 2 aliphatic carbocycles. The van der Waals surface area contributed by atoms with Crippen molar-refractivity contribution in [2.75, 3.05) is 4.90 Å². The molecule has 2 aliphatic rings. The summed E-state index contributed by atoms with van der Waals surface area (Å²) in [5.74, 6) is 0. The van der Waals surface area contributed by atoms with E-state index in [1.54, 1.807) is 0 Å². The highest BCUT2D eigenvalue weighted by Gasteiger charge is 2.47. The van der Waals surface area contributed by atoms with Gasteiger partial charge in [0.15, 0.2) is 0 Å². The van der Waals surface area contributed by atoms with Crippen LogP contribution in [0.5, 0.6) is 0 Å². The normalized spacial score (nSPS) is 17.2. The molecule has 49 heavy (non-hydrogen) atoms. The summed E-state index contributed by atoms with van der Waals surface area (Å²) >= 11 is 0. The van der Waals surface area contributed by atoms with Gasteiger partial charge in [0.25, 0.3) is 0 Å². The van der Waals surface area contributed by atoms with Gasteiger partial charge in [-0.25, -0.2) is 0 Å². The smallest absolute Gasteiger partial charge is 0.0468 e. The van der Waals surface area contributed by atoms with Crippen LogP contribution in [0.1, 0.15) is 77.6 Å². The van der Waals surface area contributed by atoms with Crippen LogP contribution in [0.2, 0.25) is 0 Å². The van der Waals surface area contributed by atoms with Crippen LogP contribution in [0.3, 0.4) is 0 Å². The highest BCUT2D eigenvalue weighted by Crippen LogP contribution is 2.56. The van der Waals surface area contributed by atoms with Gasteiger partial charge in [-0.05, 0) is 120 Å². The van der Waals surface area contributed by atoms with Crippen LogP contribution in [-0.2, 0) is 21.7 Å². The number of fused-ring (bicyclic) bond motifs is 6. The van der Waals surface area contributed by atoms with E-state index in [9.17, 15) is 0 Å². The number of anilines is 3. The quantitative estimate of drug-likeness (QED) is 0.186. The SMILES string of the molecule is CC1(C)c2ccccc2-c2cc(-c3cccc(N(c4ccccc4)c4ccc5c(c4)-c4ccccc4C(C)(C)C5(C)C)c3)ccc2C1(C)C. The molecule has 0 unspecified atom stereocenters. The van der Waals surface area contributed by atoms with Crippen LogP contribution >= 0.6 is 0 Å². The lowest BCUT2D eigenvalue weighted by atomic mass is 9.55. The second-order valence-electron chi connectivity index (χ2n) is 16.3. The lowest BCUT2D eigenvalue weighted by Gasteiger charge is -2.48. The molecular weight excluding hydrogens is 591 g/mol. The minimum Gasteiger partial charge on any atom is -0.310 e.